The van der Waals surface area contributed by atoms with Crippen LogP contribution in [0.3, 0.4) is 0 Å². The Bertz CT molecular complexity index is 834. The van der Waals surface area contributed by atoms with Gasteiger partial charge in [0.05, 0.1) is 0 Å². The van der Waals surface area contributed by atoms with Crippen LogP contribution in [0.2, 0.25) is 0 Å². The summed E-state index contributed by atoms with van der Waals surface area (Å²) in [6.07, 6.45) is 0.987. The van der Waals surface area contributed by atoms with E-state index in [1.54, 1.807) is 11.3 Å². The summed E-state index contributed by atoms with van der Waals surface area (Å²) in [6, 6.07) is 10.6. The van der Waals surface area contributed by atoms with E-state index >= 15 is 0 Å². The predicted molar refractivity (Wildman–Crippen MR) is 97.9 cm³/mol. The van der Waals surface area contributed by atoms with Crippen LogP contribution >= 0.6 is 11.3 Å². The van der Waals surface area contributed by atoms with Crippen molar-refractivity contribution in [3.63, 3.8) is 0 Å². The van der Waals surface area contributed by atoms with Gasteiger partial charge in [-0.3, -0.25) is 0 Å². The van der Waals surface area contributed by atoms with Crippen LogP contribution in [0.4, 0.5) is 11.4 Å². The summed E-state index contributed by atoms with van der Waals surface area (Å²) < 4.78 is 0. The summed E-state index contributed by atoms with van der Waals surface area (Å²) in [4.78, 5) is 9.18. The number of rotatable bonds is 3. The minimum Gasteiger partial charge on any atom is -0.398 e. The minimum absolute atomic E-state index is 0.823. The molecule has 2 heterocycles. The normalized spacial score (nSPS) is 11.1. The van der Waals surface area contributed by atoms with E-state index in [0.717, 1.165) is 28.0 Å². The Morgan fingerprint density at radius 1 is 1.23 bits per heavy atom. The van der Waals surface area contributed by atoms with Crippen molar-refractivity contribution in [3.05, 3.63) is 40.9 Å². The highest BCUT2D eigenvalue weighted by atomic mass is 32.1. The minimum atomic E-state index is 0.823. The zero-order chi connectivity index (χ0) is 15.9. The quantitative estimate of drug-likeness (QED) is 0.775. The molecular weight excluding hydrogens is 290 g/mol. The topological polar surface area (TPSA) is 42.1 Å². The first kappa shape index (κ1) is 14.9. The van der Waals surface area contributed by atoms with E-state index in [-0.39, 0.29) is 0 Å². The molecule has 0 aliphatic heterocycles. The van der Waals surface area contributed by atoms with Gasteiger partial charge in [-0.15, -0.1) is 11.3 Å². The number of thiophene rings is 1. The van der Waals surface area contributed by atoms with Gasteiger partial charge in [-0.1, -0.05) is 19.1 Å². The molecule has 0 saturated heterocycles. The van der Waals surface area contributed by atoms with Crippen LogP contribution in [0.5, 0.6) is 0 Å². The number of fused-ring (bicyclic) bond motifs is 1. The number of nitrogens with two attached hydrogens (primary N) is 1. The first-order chi connectivity index (χ1) is 10.5. The van der Waals surface area contributed by atoms with Crippen LogP contribution in [0.25, 0.3) is 21.3 Å². The fourth-order valence-electron chi connectivity index (χ4n) is 2.80. The second-order valence-corrected chi connectivity index (χ2v) is 6.82. The smallest absolute Gasteiger partial charge is 0.126 e. The largest absolute Gasteiger partial charge is 0.398 e. The molecule has 1 aromatic carbocycles. The lowest BCUT2D eigenvalue weighted by atomic mass is 10.00. The second-order valence-electron chi connectivity index (χ2n) is 5.73. The molecule has 0 atom stereocenters. The molecule has 4 heteroatoms. The fraction of sp³-hybridized carbons (Fsp3) is 0.278. The molecule has 3 aromatic rings. The fourth-order valence-corrected chi connectivity index (χ4v) is 4.01. The van der Waals surface area contributed by atoms with Gasteiger partial charge in [0.15, 0.2) is 0 Å². The number of hydrogen-bond donors (Lipinski definition) is 1. The molecule has 0 bridgehead atoms. The molecule has 0 aliphatic carbocycles. The van der Waals surface area contributed by atoms with Crippen LogP contribution in [0, 0.1) is 6.92 Å². The van der Waals surface area contributed by atoms with Gasteiger partial charge in [-0.2, -0.15) is 0 Å². The van der Waals surface area contributed by atoms with Crippen molar-refractivity contribution in [1.82, 2.24) is 4.98 Å². The first-order valence-electron chi connectivity index (χ1n) is 7.47. The zero-order valence-electron chi connectivity index (χ0n) is 13.5. The van der Waals surface area contributed by atoms with Gasteiger partial charge in [-0.25, -0.2) is 4.98 Å². The summed E-state index contributed by atoms with van der Waals surface area (Å²) in [5.74, 6) is 0. The maximum atomic E-state index is 6.32. The van der Waals surface area contributed by atoms with Gasteiger partial charge in [0.1, 0.15) is 4.83 Å². The number of pyridine rings is 1. The number of hydrogen-bond acceptors (Lipinski definition) is 4. The highest BCUT2D eigenvalue weighted by Gasteiger charge is 2.17. The molecule has 0 unspecified atom stereocenters. The molecule has 114 valence electrons. The lowest BCUT2D eigenvalue weighted by molar-refractivity contribution is 1.13. The Kier molecular flexibility index (Phi) is 3.79. The van der Waals surface area contributed by atoms with Crippen molar-refractivity contribution in [1.29, 1.82) is 0 Å². The van der Waals surface area contributed by atoms with E-state index in [0.29, 0.717) is 0 Å². The van der Waals surface area contributed by atoms with Gasteiger partial charge in [0.2, 0.25) is 0 Å². The van der Waals surface area contributed by atoms with E-state index in [1.807, 2.05) is 13.0 Å². The maximum absolute atomic E-state index is 6.32. The van der Waals surface area contributed by atoms with Crippen LogP contribution < -0.4 is 10.6 Å². The van der Waals surface area contributed by atoms with Gasteiger partial charge >= 0.3 is 0 Å². The van der Waals surface area contributed by atoms with Gasteiger partial charge in [-0.05, 0) is 37.1 Å². The van der Waals surface area contributed by atoms with Crippen molar-refractivity contribution >= 4 is 32.9 Å². The van der Waals surface area contributed by atoms with E-state index in [2.05, 4.69) is 55.2 Å². The summed E-state index contributed by atoms with van der Waals surface area (Å²) in [5.41, 5.74) is 11.8. The molecule has 0 spiro atoms. The highest BCUT2D eigenvalue weighted by molar-refractivity contribution is 7.19. The third-order valence-corrected chi connectivity index (χ3v) is 5.09. The summed E-state index contributed by atoms with van der Waals surface area (Å²) in [5, 5.41) is 1.10. The van der Waals surface area contributed by atoms with Crippen molar-refractivity contribution in [2.45, 2.75) is 20.3 Å². The molecule has 3 nitrogen and oxygen atoms in total. The van der Waals surface area contributed by atoms with Crippen LogP contribution in [-0.4, -0.2) is 19.1 Å². The molecule has 3 rings (SSSR count). The van der Waals surface area contributed by atoms with Gasteiger partial charge < -0.3 is 10.6 Å². The van der Waals surface area contributed by atoms with E-state index in [1.165, 1.54) is 21.7 Å². The molecule has 0 aliphatic rings. The van der Waals surface area contributed by atoms with E-state index in [4.69, 9.17) is 5.73 Å². The average Bonchev–Trinajstić information content (AvgIpc) is 2.86. The van der Waals surface area contributed by atoms with Crippen molar-refractivity contribution in [2.75, 3.05) is 24.7 Å². The number of aromatic nitrogens is 1. The lowest BCUT2D eigenvalue weighted by Gasteiger charge is -2.14. The van der Waals surface area contributed by atoms with Crippen LogP contribution in [0.1, 0.15) is 17.5 Å². The Labute approximate surface area is 135 Å². The average molecular weight is 311 g/mol. The summed E-state index contributed by atoms with van der Waals surface area (Å²) in [6.45, 7) is 4.18. The Balaban J connectivity index is 2.32. The predicted octanol–water partition coefficient (Wildman–Crippen LogP) is 4.48. The summed E-state index contributed by atoms with van der Waals surface area (Å²) in [7, 11) is 4.12. The molecular formula is C18H21N3S. The molecule has 0 amide bonds. The maximum Gasteiger partial charge on any atom is 0.126 e. The molecule has 2 N–H and O–H groups in total. The zero-order valence-corrected chi connectivity index (χ0v) is 14.3. The van der Waals surface area contributed by atoms with Gasteiger partial charge in [0.25, 0.3) is 0 Å². The first-order valence-corrected chi connectivity index (χ1v) is 8.29. The number of anilines is 2. The highest BCUT2D eigenvalue weighted by Crippen LogP contribution is 2.42. The van der Waals surface area contributed by atoms with Crippen molar-refractivity contribution in [2.24, 2.45) is 0 Å². The van der Waals surface area contributed by atoms with Crippen molar-refractivity contribution in [3.8, 4) is 11.1 Å². The molecule has 0 radical (unpaired) electrons. The summed E-state index contributed by atoms with van der Waals surface area (Å²) >= 11 is 1.76. The SMILES string of the molecule is CCc1sc2nc(C)cc(N)c2c1-c1cccc(N(C)C)c1. The Morgan fingerprint density at radius 3 is 2.68 bits per heavy atom. The lowest BCUT2D eigenvalue weighted by Crippen LogP contribution is -2.08. The molecule has 2 aromatic heterocycles. The van der Waals surface area contributed by atoms with Crippen LogP contribution in [-0.2, 0) is 6.42 Å². The monoisotopic (exact) mass is 311 g/mol. The third-order valence-electron chi connectivity index (χ3n) is 3.87. The number of nitrogens with zero attached hydrogens (tertiary/aromatic N) is 2. The number of nitrogen functional groups attached to an aromatic ring is 1. The Morgan fingerprint density at radius 2 is 2.00 bits per heavy atom. The number of aryl methyl sites for hydroxylation is 2. The van der Waals surface area contributed by atoms with Crippen LogP contribution in [0.15, 0.2) is 30.3 Å². The van der Waals surface area contributed by atoms with E-state index < -0.39 is 0 Å². The molecule has 22 heavy (non-hydrogen) atoms. The standard InChI is InChI=1S/C18H21N3S/c1-5-15-16(12-7-6-8-13(10-12)21(3)4)17-14(19)9-11(2)20-18(17)22-15/h6-10H,5H2,1-4H3,(H2,19,20). The van der Waals surface area contributed by atoms with Gasteiger partial charge in [0, 0.05) is 47.0 Å². The molecule has 0 saturated carbocycles. The van der Waals surface area contributed by atoms with Crippen molar-refractivity contribution < 1.29 is 0 Å². The number of benzene rings is 1. The van der Waals surface area contributed by atoms with E-state index in [9.17, 15) is 0 Å². The molecule has 0 fully saturated rings. The third kappa shape index (κ3) is 2.44. The Hall–Kier alpha value is -2.07. The second kappa shape index (κ2) is 5.61.